The Morgan fingerprint density at radius 3 is 2.63 bits per heavy atom. The van der Waals surface area contributed by atoms with Crippen molar-refractivity contribution in [2.45, 2.75) is 57.5 Å². The molecule has 0 spiro atoms. The topological polar surface area (TPSA) is 87.7 Å². The highest BCUT2D eigenvalue weighted by atomic mass is 16.5. The van der Waals surface area contributed by atoms with Crippen LogP contribution in [0.5, 0.6) is 5.75 Å². The molecular weight excluding hydrogens is 346 g/mol. The van der Waals surface area contributed by atoms with Crippen LogP contribution in [0.2, 0.25) is 0 Å². The number of carbonyl (C=O) groups is 3. The Morgan fingerprint density at radius 1 is 1.30 bits per heavy atom. The first-order valence-electron chi connectivity index (χ1n) is 9.43. The fourth-order valence-electron chi connectivity index (χ4n) is 3.89. The van der Waals surface area contributed by atoms with Crippen LogP contribution in [0.1, 0.15) is 50.2 Å². The van der Waals surface area contributed by atoms with Gasteiger partial charge in [-0.1, -0.05) is 25.3 Å². The molecule has 0 aromatic heterocycles. The van der Waals surface area contributed by atoms with Gasteiger partial charge in [0, 0.05) is 6.04 Å². The molecule has 1 heterocycles. The van der Waals surface area contributed by atoms with E-state index in [1.165, 1.54) is 6.42 Å². The Bertz CT molecular complexity index is 758. The zero-order valence-corrected chi connectivity index (χ0v) is 16.1. The lowest BCUT2D eigenvalue weighted by Crippen LogP contribution is -2.45. The number of aryl methyl sites for hydroxylation is 1. The van der Waals surface area contributed by atoms with Gasteiger partial charge >= 0.3 is 6.03 Å². The van der Waals surface area contributed by atoms with Crippen LogP contribution in [0.3, 0.4) is 0 Å². The summed E-state index contributed by atoms with van der Waals surface area (Å²) < 4.78 is 5.25. The van der Waals surface area contributed by atoms with E-state index in [4.69, 9.17) is 4.74 Å². The smallest absolute Gasteiger partial charge is 0.325 e. The van der Waals surface area contributed by atoms with Crippen molar-refractivity contribution in [1.82, 2.24) is 15.5 Å². The number of methoxy groups -OCH3 is 1. The van der Waals surface area contributed by atoms with Crippen LogP contribution in [0.4, 0.5) is 4.79 Å². The van der Waals surface area contributed by atoms with Gasteiger partial charge in [-0.2, -0.15) is 0 Å². The Labute approximate surface area is 159 Å². The minimum Gasteiger partial charge on any atom is -0.496 e. The number of benzene rings is 1. The maximum atomic E-state index is 13.0. The molecule has 27 heavy (non-hydrogen) atoms. The third kappa shape index (κ3) is 3.77. The molecule has 3 rings (SSSR count). The number of imide groups is 1. The van der Waals surface area contributed by atoms with Gasteiger partial charge in [0.15, 0.2) is 0 Å². The van der Waals surface area contributed by atoms with Crippen molar-refractivity contribution in [3.05, 3.63) is 29.3 Å². The molecule has 7 heteroatoms. The molecule has 2 aliphatic rings. The second kappa shape index (κ2) is 7.58. The first-order chi connectivity index (χ1) is 12.8. The molecule has 1 saturated carbocycles. The predicted molar refractivity (Wildman–Crippen MR) is 100 cm³/mol. The van der Waals surface area contributed by atoms with Gasteiger partial charge in [-0.05, 0) is 49.9 Å². The second-order valence-electron chi connectivity index (χ2n) is 7.53. The highest BCUT2D eigenvalue weighted by Crippen LogP contribution is 2.31. The number of rotatable bonds is 5. The van der Waals surface area contributed by atoms with Gasteiger partial charge in [0.05, 0.1) is 7.11 Å². The van der Waals surface area contributed by atoms with Crippen molar-refractivity contribution < 1.29 is 19.1 Å². The van der Waals surface area contributed by atoms with E-state index >= 15 is 0 Å². The van der Waals surface area contributed by atoms with E-state index in [0.29, 0.717) is 11.3 Å². The first kappa shape index (κ1) is 19.2. The monoisotopic (exact) mass is 373 g/mol. The number of hydrogen-bond acceptors (Lipinski definition) is 4. The van der Waals surface area contributed by atoms with Crippen molar-refractivity contribution in [3.63, 3.8) is 0 Å². The van der Waals surface area contributed by atoms with Gasteiger partial charge in [0.1, 0.15) is 17.8 Å². The number of amides is 4. The summed E-state index contributed by atoms with van der Waals surface area (Å²) in [6, 6.07) is 4.95. The third-order valence-electron chi connectivity index (χ3n) is 5.52. The summed E-state index contributed by atoms with van der Waals surface area (Å²) in [4.78, 5) is 38.7. The summed E-state index contributed by atoms with van der Waals surface area (Å²) in [7, 11) is 1.58. The minimum atomic E-state index is -1.20. The summed E-state index contributed by atoms with van der Waals surface area (Å²) in [6.45, 7) is 3.28. The molecule has 1 saturated heterocycles. The zero-order valence-electron chi connectivity index (χ0n) is 16.1. The number of ether oxygens (including phenoxy) is 1. The van der Waals surface area contributed by atoms with Gasteiger partial charge in [-0.3, -0.25) is 14.5 Å². The lowest BCUT2D eigenvalue weighted by Gasteiger charge is -2.25. The molecule has 1 aromatic carbocycles. The molecule has 1 aliphatic carbocycles. The zero-order chi connectivity index (χ0) is 19.6. The third-order valence-corrected chi connectivity index (χ3v) is 5.52. The number of carbonyl (C=O) groups excluding carboxylic acids is 3. The SMILES string of the molecule is COc1ccc(C2(C)NC(=O)N(CC(=O)NC3CCCCC3)C2=O)cc1C. The Kier molecular flexibility index (Phi) is 5.39. The van der Waals surface area contributed by atoms with Crippen molar-refractivity contribution in [2.24, 2.45) is 0 Å². The molecule has 2 N–H and O–H groups in total. The van der Waals surface area contributed by atoms with Gasteiger partial charge in [0.25, 0.3) is 5.91 Å². The molecule has 1 unspecified atom stereocenters. The normalized spacial score (nSPS) is 23.3. The van der Waals surface area contributed by atoms with Crippen LogP contribution >= 0.6 is 0 Å². The molecule has 7 nitrogen and oxygen atoms in total. The summed E-state index contributed by atoms with van der Waals surface area (Å²) >= 11 is 0. The van der Waals surface area contributed by atoms with Crippen molar-refractivity contribution in [1.29, 1.82) is 0 Å². The fraction of sp³-hybridized carbons (Fsp3) is 0.550. The summed E-state index contributed by atoms with van der Waals surface area (Å²) in [6.07, 6.45) is 5.30. The van der Waals surface area contributed by atoms with Gasteiger partial charge < -0.3 is 15.4 Å². The van der Waals surface area contributed by atoms with Crippen LogP contribution in [-0.2, 0) is 15.1 Å². The van der Waals surface area contributed by atoms with E-state index in [0.717, 1.165) is 36.1 Å². The van der Waals surface area contributed by atoms with E-state index in [-0.39, 0.29) is 18.5 Å². The summed E-state index contributed by atoms with van der Waals surface area (Å²) in [5.41, 5.74) is 0.334. The lowest BCUT2D eigenvalue weighted by molar-refractivity contribution is -0.135. The quantitative estimate of drug-likeness (QED) is 0.775. The minimum absolute atomic E-state index is 0.141. The van der Waals surface area contributed by atoms with Crippen LogP contribution in [0, 0.1) is 6.92 Å². The van der Waals surface area contributed by atoms with Crippen molar-refractivity contribution >= 4 is 17.8 Å². The molecular formula is C20H27N3O4. The molecule has 146 valence electrons. The number of nitrogens with one attached hydrogen (secondary N) is 2. The largest absolute Gasteiger partial charge is 0.496 e. The molecule has 0 bridgehead atoms. The molecule has 4 amide bonds. The molecule has 0 radical (unpaired) electrons. The first-order valence-corrected chi connectivity index (χ1v) is 9.43. The van der Waals surface area contributed by atoms with E-state index in [1.807, 2.05) is 13.0 Å². The van der Waals surface area contributed by atoms with E-state index in [2.05, 4.69) is 10.6 Å². The number of hydrogen-bond donors (Lipinski definition) is 2. The highest BCUT2D eigenvalue weighted by Gasteiger charge is 2.49. The maximum Gasteiger partial charge on any atom is 0.325 e. The van der Waals surface area contributed by atoms with Crippen LogP contribution in [0.15, 0.2) is 18.2 Å². The highest BCUT2D eigenvalue weighted by molar-refractivity contribution is 6.09. The lowest BCUT2D eigenvalue weighted by atomic mass is 9.90. The second-order valence-corrected chi connectivity index (χ2v) is 7.53. The summed E-state index contributed by atoms with van der Waals surface area (Å²) in [5, 5.41) is 5.69. The van der Waals surface area contributed by atoms with E-state index < -0.39 is 17.5 Å². The predicted octanol–water partition coefficient (Wildman–Crippen LogP) is 2.22. The van der Waals surface area contributed by atoms with Crippen LogP contribution in [-0.4, -0.2) is 42.4 Å². The van der Waals surface area contributed by atoms with E-state index in [1.54, 1.807) is 26.2 Å². The standard InChI is InChI=1S/C20H27N3O4/c1-13-11-14(9-10-16(13)27-3)20(2)18(25)23(19(26)22-20)12-17(24)21-15-7-5-4-6-8-15/h9-11,15H,4-8,12H2,1-3H3,(H,21,24)(H,22,26). The maximum absolute atomic E-state index is 13.0. The van der Waals surface area contributed by atoms with Crippen LogP contribution < -0.4 is 15.4 Å². The average Bonchev–Trinajstić information content (AvgIpc) is 2.86. The van der Waals surface area contributed by atoms with Gasteiger partial charge in [0.2, 0.25) is 5.91 Å². The van der Waals surface area contributed by atoms with Crippen molar-refractivity contribution in [3.8, 4) is 5.75 Å². The molecule has 2 fully saturated rings. The number of nitrogens with zero attached hydrogens (tertiary/aromatic N) is 1. The molecule has 1 aliphatic heterocycles. The van der Waals surface area contributed by atoms with E-state index in [9.17, 15) is 14.4 Å². The Balaban J connectivity index is 1.72. The number of urea groups is 1. The van der Waals surface area contributed by atoms with Crippen LogP contribution in [0.25, 0.3) is 0 Å². The van der Waals surface area contributed by atoms with Gasteiger partial charge in [-0.15, -0.1) is 0 Å². The average molecular weight is 373 g/mol. The Hall–Kier alpha value is -2.57. The molecule has 1 atom stereocenters. The molecule has 1 aromatic rings. The fourth-order valence-corrected chi connectivity index (χ4v) is 3.89. The Morgan fingerprint density at radius 2 is 2.00 bits per heavy atom. The summed E-state index contributed by atoms with van der Waals surface area (Å²) in [5.74, 6) is -0.000684. The van der Waals surface area contributed by atoms with Gasteiger partial charge in [-0.25, -0.2) is 4.79 Å². The van der Waals surface area contributed by atoms with Crippen molar-refractivity contribution in [2.75, 3.05) is 13.7 Å².